The lowest BCUT2D eigenvalue weighted by molar-refractivity contribution is -0.119. The topological polar surface area (TPSA) is 50.5 Å². The Kier molecular flexibility index (Phi) is 2.07. The normalized spacial score (nSPS) is 15.1. The number of hydrogen-bond donors (Lipinski definition) is 0. The zero-order valence-corrected chi connectivity index (χ0v) is 8.81. The van der Waals surface area contributed by atoms with Gasteiger partial charge in [0.2, 0.25) is 0 Å². The molecule has 3 rings (SSSR count). The first-order valence-corrected chi connectivity index (χ1v) is 5.01. The van der Waals surface area contributed by atoms with Crippen LogP contribution >= 0.6 is 0 Å². The van der Waals surface area contributed by atoms with E-state index in [2.05, 4.69) is 0 Å². The largest absolute Gasteiger partial charge is 0.462 e. The van der Waals surface area contributed by atoms with Crippen LogP contribution < -0.4 is 4.90 Å². The third kappa shape index (κ3) is 1.29. The van der Waals surface area contributed by atoms with Crippen molar-refractivity contribution < 1.29 is 22.8 Å². The van der Waals surface area contributed by atoms with E-state index in [4.69, 9.17) is 4.42 Å². The zero-order chi connectivity index (χ0) is 12.9. The number of hydrogen-bond acceptors (Lipinski definition) is 3. The van der Waals surface area contributed by atoms with Crippen molar-refractivity contribution in [3.63, 3.8) is 0 Å². The van der Waals surface area contributed by atoms with Gasteiger partial charge in [-0.25, -0.2) is 13.7 Å². The van der Waals surface area contributed by atoms with Crippen LogP contribution in [-0.2, 0) is 9.59 Å². The molecule has 90 valence electrons. The summed E-state index contributed by atoms with van der Waals surface area (Å²) in [5, 5.41) is -0.113. The van der Waals surface area contributed by atoms with Gasteiger partial charge in [0.25, 0.3) is 11.8 Å². The van der Waals surface area contributed by atoms with Gasteiger partial charge in [0.15, 0.2) is 17.2 Å². The monoisotopic (exact) mass is 249 g/mol. The summed E-state index contributed by atoms with van der Waals surface area (Å²) < 4.78 is 31.9. The van der Waals surface area contributed by atoms with Gasteiger partial charge in [-0.15, -0.1) is 0 Å². The number of benzene rings is 1. The van der Waals surface area contributed by atoms with Gasteiger partial charge in [-0.3, -0.25) is 9.59 Å². The summed E-state index contributed by atoms with van der Waals surface area (Å²) in [5.41, 5.74) is -0.145. The molecule has 1 aliphatic rings. The Bertz CT molecular complexity index is 699. The number of furan rings is 1. The minimum absolute atomic E-state index is 0.0423. The molecule has 0 bridgehead atoms. The summed E-state index contributed by atoms with van der Waals surface area (Å²) >= 11 is 0. The molecule has 0 N–H and O–H groups in total. The van der Waals surface area contributed by atoms with Crippen molar-refractivity contribution in [3.05, 3.63) is 42.2 Å². The Morgan fingerprint density at radius 2 is 1.78 bits per heavy atom. The smallest absolute Gasteiger partial charge is 0.258 e. The van der Waals surface area contributed by atoms with E-state index in [0.717, 1.165) is 29.4 Å². The number of nitrogens with zero attached hydrogens (tertiary/aromatic N) is 1. The maximum Gasteiger partial charge on any atom is 0.258 e. The maximum atomic E-state index is 13.5. The molecule has 0 radical (unpaired) electrons. The van der Waals surface area contributed by atoms with E-state index >= 15 is 0 Å². The fraction of sp³-hybridized carbons (Fsp3) is 0. The highest BCUT2D eigenvalue weighted by atomic mass is 19.2. The average molecular weight is 249 g/mol. The predicted molar refractivity (Wildman–Crippen MR) is 57.8 cm³/mol. The number of amides is 2. The quantitative estimate of drug-likeness (QED) is 0.727. The third-order valence-corrected chi connectivity index (χ3v) is 2.66. The molecule has 1 aliphatic heterocycles. The molecule has 0 spiro atoms. The van der Waals surface area contributed by atoms with Gasteiger partial charge in [0, 0.05) is 18.2 Å². The van der Waals surface area contributed by atoms with Gasteiger partial charge in [-0.2, -0.15) is 0 Å². The molecule has 0 fully saturated rings. The van der Waals surface area contributed by atoms with Crippen LogP contribution in [0.3, 0.4) is 0 Å². The highest BCUT2D eigenvalue weighted by Crippen LogP contribution is 2.33. The molecule has 2 heterocycles. The van der Waals surface area contributed by atoms with Crippen molar-refractivity contribution in [1.29, 1.82) is 0 Å². The molecule has 1 aromatic carbocycles. The number of halogens is 2. The van der Waals surface area contributed by atoms with Crippen LogP contribution in [0.15, 0.2) is 35.0 Å². The summed E-state index contributed by atoms with van der Waals surface area (Å²) in [4.78, 5) is 23.7. The van der Waals surface area contributed by atoms with E-state index in [1.165, 1.54) is 6.07 Å². The summed E-state index contributed by atoms with van der Waals surface area (Å²) in [7, 11) is 0. The molecule has 0 aliphatic carbocycles. The third-order valence-electron chi connectivity index (χ3n) is 2.66. The van der Waals surface area contributed by atoms with Crippen LogP contribution in [0.25, 0.3) is 11.0 Å². The van der Waals surface area contributed by atoms with Crippen molar-refractivity contribution >= 4 is 28.5 Å². The van der Waals surface area contributed by atoms with Crippen LogP contribution in [0.4, 0.5) is 14.5 Å². The molecule has 2 aromatic rings. The molecular weight excluding hydrogens is 244 g/mol. The Balaban J connectivity index is 2.30. The second-order valence-corrected chi connectivity index (χ2v) is 3.70. The van der Waals surface area contributed by atoms with Crippen molar-refractivity contribution in [3.8, 4) is 0 Å². The molecule has 0 saturated carbocycles. The Morgan fingerprint density at radius 1 is 1.11 bits per heavy atom. The average Bonchev–Trinajstić information content (AvgIpc) is 2.93. The molecule has 0 unspecified atom stereocenters. The van der Waals surface area contributed by atoms with Crippen LogP contribution in [0, 0.1) is 11.6 Å². The summed E-state index contributed by atoms with van der Waals surface area (Å²) in [6.07, 6.45) is 3.27. The first-order valence-electron chi connectivity index (χ1n) is 5.01. The molecule has 0 saturated heterocycles. The number of fused-ring (bicyclic) bond motifs is 1. The second kappa shape index (κ2) is 3.49. The van der Waals surface area contributed by atoms with Gasteiger partial charge in [-0.1, -0.05) is 0 Å². The lowest BCUT2D eigenvalue weighted by atomic mass is 10.2. The molecule has 6 heteroatoms. The van der Waals surface area contributed by atoms with E-state index in [-0.39, 0.29) is 16.7 Å². The van der Waals surface area contributed by atoms with Gasteiger partial charge >= 0.3 is 0 Å². The lowest BCUT2D eigenvalue weighted by Gasteiger charge is -2.14. The van der Waals surface area contributed by atoms with Gasteiger partial charge < -0.3 is 4.42 Å². The number of imide groups is 1. The number of carbonyl (C=O) groups is 2. The second-order valence-electron chi connectivity index (χ2n) is 3.70. The van der Waals surface area contributed by atoms with E-state index < -0.39 is 23.4 Å². The zero-order valence-electron chi connectivity index (χ0n) is 8.81. The van der Waals surface area contributed by atoms with E-state index in [9.17, 15) is 18.4 Å². The first kappa shape index (κ1) is 10.6. The van der Waals surface area contributed by atoms with Gasteiger partial charge in [0.05, 0.1) is 17.3 Å². The Morgan fingerprint density at radius 3 is 2.44 bits per heavy atom. The highest BCUT2D eigenvalue weighted by Gasteiger charge is 2.29. The van der Waals surface area contributed by atoms with Crippen molar-refractivity contribution in [2.45, 2.75) is 0 Å². The molecule has 0 atom stereocenters. The number of carbonyl (C=O) groups excluding carboxylic acids is 2. The first-order chi connectivity index (χ1) is 8.59. The molecule has 2 amide bonds. The van der Waals surface area contributed by atoms with E-state index in [1.807, 2.05) is 0 Å². The van der Waals surface area contributed by atoms with Crippen molar-refractivity contribution in [2.75, 3.05) is 4.90 Å². The lowest BCUT2D eigenvalue weighted by Crippen LogP contribution is -2.29. The van der Waals surface area contributed by atoms with Gasteiger partial charge in [0.1, 0.15) is 0 Å². The van der Waals surface area contributed by atoms with Crippen molar-refractivity contribution in [1.82, 2.24) is 0 Å². The number of anilines is 1. The Labute approximate surface area is 99.1 Å². The van der Waals surface area contributed by atoms with E-state index in [0.29, 0.717) is 0 Å². The van der Waals surface area contributed by atoms with Crippen molar-refractivity contribution in [2.24, 2.45) is 0 Å². The van der Waals surface area contributed by atoms with Crippen LogP contribution in [0.1, 0.15) is 0 Å². The summed E-state index contributed by atoms with van der Waals surface area (Å²) in [6, 6.07) is 2.00. The fourth-order valence-electron chi connectivity index (χ4n) is 1.86. The molecule has 4 nitrogen and oxygen atoms in total. The Hall–Kier alpha value is -2.50. The SMILES string of the molecule is O=C1C=CC(=O)N1c1cc(F)c(F)c2ccoc12. The number of rotatable bonds is 1. The summed E-state index contributed by atoms with van der Waals surface area (Å²) in [6.45, 7) is 0. The predicted octanol–water partition coefficient (Wildman–Crippen LogP) is 2.14. The van der Waals surface area contributed by atoms with Gasteiger partial charge in [-0.05, 0) is 6.07 Å². The fourth-order valence-corrected chi connectivity index (χ4v) is 1.86. The summed E-state index contributed by atoms with van der Waals surface area (Å²) in [5.74, 6) is -3.46. The minimum Gasteiger partial charge on any atom is -0.462 e. The molecule has 18 heavy (non-hydrogen) atoms. The van der Waals surface area contributed by atoms with Crippen LogP contribution in [0.5, 0.6) is 0 Å². The molecular formula is C12H5F2NO3. The maximum absolute atomic E-state index is 13.5. The standard InChI is InChI=1S/C12H5F2NO3/c13-7-5-8(15-9(16)1-2-10(15)17)12-6(11(7)14)3-4-18-12/h1-5H. The highest BCUT2D eigenvalue weighted by molar-refractivity contribution is 6.29. The van der Waals surface area contributed by atoms with Crippen LogP contribution in [-0.4, -0.2) is 11.8 Å². The minimum atomic E-state index is -1.15. The molecule has 1 aromatic heterocycles. The van der Waals surface area contributed by atoms with E-state index in [1.54, 1.807) is 0 Å². The van der Waals surface area contributed by atoms with Crippen LogP contribution in [0.2, 0.25) is 0 Å².